The number of esters is 2. The molecule has 1 aromatic carbocycles. The molecule has 150 valence electrons. The first-order valence-electron chi connectivity index (χ1n) is 8.63. The van der Waals surface area contributed by atoms with Gasteiger partial charge in [0.25, 0.3) is 0 Å². The van der Waals surface area contributed by atoms with Crippen molar-refractivity contribution >= 4 is 17.7 Å². The molecule has 0 radical (unpaired) electrons. The van der Waals surface area contributed by atoms with Crippen molar-refractivity contribution in [1.82, 2.24) is 4.98 Å². The van der Waals surface area contributed by atoms with E-state index in [1.165, 1.54) is 12.3 Å². The molecule has 0 atom stereocenters. The van der Waals surface area contributed by atoms with E-state index >= 15 is 0 Å². The van der Waals surface area contributed by atoms with Gasteiger partial charge < -0.3 is 25.0 Å². The van der Waals surface area contributed by atoms with Gasteiger partial charge >= 0.3 is 11.9 Å². The van der Waals surface area contributed by atoms with E-state index in [-0.39, 0.29) is 31.1 Å². The van der Waals surface area contributed by atoms with Crippen LogP contribution in [0.2, 0.25) is 0 Å². The van der Waals surface area contributed by atoms with Crippen LogP contribution in [0.3, 0.4) is 0 Å². The second kappa shape index (κ2) is 8.51. The third kappa shape index (κ3) is 5.54. The van der Waals surface area contributed by atoms with Crippen LogP contribution in [0.1, 0.15) is 45.2 Å². The zero-order chi connectivity index (χ0) is 20.9. The quantitative estimate of drug-likeness (QED) is 0.442. The number of benzene rings is 1. The summed E-state index contributed by atoms with van der Waals surface area (Å²) < 4.78 is 15.5. The fourth-order valence-electron chi connectivity index (χ4n) is 2.16. The molecule has 0 saturated carbocycles. The molecule has 1 heterocycles. The summed E-state index contributed by atoms with van der Waals surface area (Å²) in [5.74, 6) is -1.09. The van der Waals surface area contributed by atoms with Crippen LogP contribution in [0.4, 0.5) is 0 Å². The SMILES string of the molecule is CCOC(=O)c1cnc(-c2cccc(C(=N)/C=C(\N)C(=O)OC(C)(C)C)c2)o1.[HH]. The highest BCUT2D eigenvalue weighted by Gasteiger charge is 2.19. The third-order valence-corrected chi connectivity index (χ3v) is 3.34. The van der Waals surface area contributed by atoms with Gasteiger partial charge in [-0.2, -0.15) is 0 Å². The second-order valence-corrected chi connectivity index (χ2v) is 6.85. The minimum absolute atomic E-state index is 0. The van der Waals surface area contributed by atoms with Crippen molar-refractivity contribution in [2.45, 2.75) is 33.3 Å². The first-order chi connectivity index (χ1) is 13.1. The van der Waals surface area contributed by atoms with Crippen LogP contribution < -0.4 is 5.73 Å². The minimum atomic E-state index is -0.694. The number of rotatable bonds is 6. The molecule has 3 N–H and O–H groups in total. The molecule has 0 aliphatic rings. The van der Waals surface area contributed by atoms with E-state index in [9.17, 15) is 9.59 Å². The first-order valence-corrected chi connectivity index (χ1v) is 8.63. The van der Waals surface area contributed by atoms with Gasteiger partial charge in [0, 0.05) is 12.6 Å². The number of hydrogen-bond acceptors (Lipinski definition) is 8. The molecule has 0 fully saturated rings. The van der Waals surface area contributed by atoms with Gasteiger partial charge in [-0.15, -0.1) is 0 Å². The predicted octanol–water partition coefficient (Wildman–Crippen LogP) is 3.32. The van der Waals surface area contributed by atoms with E-state index in [1.807, 2.05) is 0 Å². The van der Waals surface area contributed by atoms with Crippen molar-refractivity contribution in [2.75, 3.05) is 6.61 Å². The third-order valence-electron chi connectivity index (χ3n) is 3.34. The zero-order valence-corrected chi connectivity index (χ0v) is 16.2. The summed E-state index contributed by atoms with van der Waals surface area (Å²) in [6.07, 6.45) is 2.51. The average molecular weight is 387 g/mol. The molecular formula is C20H25N3O5. The van der Waals surface area contributed by atoms with Gasteiger partial charge in [0.15, 0.2) is 0 Å². The topological polar surface area (TPSA) is 128 Å². The normalized spacial score (nSPS) is 11.8. The Balaban J connectivity index is 0.00000420. The van der Waals surface area contributed by atoms with Crippen LogP contribution in [0.25, 0.3) is 11.5 Å². The Morgan fingerprint density at radius 2 is 2.07 bits per heavy atom. The van der Waals surface area contributed by atoms with Gasteiger partial charge in [0.1, 0.15) is 11.3 Å². The summed E-state index contributed by atoms with van der Waals surface area (Å²) >= 11 is 0. The number of nitrogens with one attached hydrogen (secondary N) is 1. The van der Waals surface area contributed by atoms with Crippen LogP contribution >= 0.6 is 0 Å². The number of aromatic nitrogens is 1. The van der Waals surface area contributed by atoms with Gasteiger partial charge in [-0.3, -0.25) is 0 Å². The average Bonchev–Trinajstić information content (AvgIpc) is 3.11. The van der Waals surface area contributed by atoms with E-state index < -0.39 is 17.5 Å². The highest BCUT2D eigenvalue weighted by Crippen LogP contribution is 2.21. The van der Waals surface area contributed by atoms with Crippen molar-refractivity contribution in [3.63, 3.8) is 0 Å². The van der Waals surface area contributed by atoms with Gasteiger partial charge in [0.05, 0.1) is 18.5 Å². The number of oxazole rings is 1. The van der Waals surface area contributed by atoms with Gasteiger partial charge in [-0.05, 0) is 45.9 Å². The number of ether oxygens (including phenoxy) is 2. The summed E-state index contributed by atoms with van der Waals surface area (Å²) in [5, 5.41) is 8.18. The van der Waals surface area contributed by atoms with E-state index in [0.717, 1.165) is 0 Å². The van der Waals surface area contributed by atoms with E-state index in [4.69, 9.17) is 25.0 Å². The number of allylic oxidation sites excluding steroid dienone is 1. The predicted molar refractivity (Wildman–Crippen MR) is 105 cm³/mol. The lowest BCUT2D eigenvalue weighted by molar-refractivity contribution is -0.149. The van der Waals surface area contributed by atoms with E-state index in [0.29, 0.717) is 11.1 Å². The molecule has 8 nitrogen and oxygen atoms in total. The van der Waals surface area contributed by atoms with Crippen LogP contribution in [0, 0.1) is 5.41 Å². The lowest BCUT2D eigenvalue weighted by Crippen LogP contribution is -2.27. The summed E-state index contributed by atoms with van der Waals surface area (Å²) in [7, 11) is 0. The van der Waals surface area contributed by atoms with E-state index in [1.54, 1.807) is 52.0 Å². The molecule has 2 aromatic rings. The lowest BCUT2D eigenvalue weighted by Gasteiger charge is -2.19. The number of carbonyl (C=O) groups is 2. The standard InChI is InChI=1S/C20H23N3O5.H2/c1-5-26-19(25)16-11-23-17(27-16)13-8-6-7-12(9-13)14(21)10-15(22)18(24)28-20(2,3)4;/h6-11,21H,5,22H2,1-4H3;1H/b15-10-,21-14?;. The van der Waals surface area contributed by atoms with Crippen molar-refractivity contribution in [1.29, 1.82) is 5.41 Å². The van der Waals surface area contributed by atoms with Gasteiger partial charge in [-0.1, -0.05) is 12.1 Å². The maximum atomic E-state index is 12.0. The Morgan fingerprint density at radius 1 is 1.36 bits per heavy atom. The Kier molecular flexibility index (Phi) is 6.35. The molecule has 8 heteroatoms. The summed E-state index contributed by atoms with van der Waals surface area (Å²) in [5.41, 5.74) is 5.94. The molecule has 0 aliphatic carbocycles. The first kappa shape index (κ1) is 20.9. The molecule has 0 aliphatic heterocycles. The Hall–Kier alpha value is -3.42. The maximum Gasteiger partial charge on any atom is 0.375 e. The van der Waals surface area contributed by atoms with E-state index in [2.05, 4.69) is 4.98 Å². The molecule has 0 spiro atoms. The van der Waals surface area contributed by atoms with Crippen molar-refractivity contribution in [3.05, 3.63) is 53.6 Å². The Bertz CT molecular complexity index is 928. The van der Waals surface area contributed by atoms with Gasteiger partial charge in [-0.25, -0.2) is 14.6 Å². The molecule has 0 saturated heterocycles. The smallest absolute Gasteiger partial charge is 0.375 e. The highest BCUT2D eigenvalue weighted by molar-refractivity contribution is 6.10. The number of nitrogens with zero attached hydrogens (tertiary/aromatic N) is 1. The van der Waals surface area contributed by atoms with Crippen LogP contribution in [0.5, 0.6) is 0 Å². The Morgan fingerprint density at radius 3 is 2.71 bits per heavy atom. The number of hydrogen-bond donors (Lipinski definition) is 2. The zero-order valence-electron chi connectivity index (χ0n) is 16.2. The van der Waals surface area contributed by atoms with Crippen molar-refractivity contribution < 1.29 is 24.9 Å². The lowest BCUT2D eigenvalue weighted by atomic mass is 10.1. The van der Waals surface area contributed by atoms with Crippen molar-refractivity contribution in [2.24, 2.45) is 5.73 Å². The fraction of sp³-hybridized carbons (Fsp3) is 0.300. The maximum absolute atomic E-state index is 12.0. The summed E-state index contributed by atoms with van der Waals surface area (Å²) in [6, 6.07) is 6.74. The molecule has 28 heavy (non-hydrogen) atoms. The second-order valence-electron chi connectivity index (χ2n) is 6.85. The molecular weight excluding hydrogens is 362 g/mol. The van der Waals surface area contributed by atoms with Crippen LogP contribution in [-0.4, -0.2) is 34.8 Å². The molecule has 1 aromatic heterocycles. The van der Waals surface area contributed by atoms with Crippen LogP contribution in [-0.2, 0) is 14.3 Å². The van der Waals surface area contributed by atoms with Gasteiger partial charge in [0.2, 0.25) is 11.7 Å². The fourth-order valence-corrected chi connectivity index (χ4v) is 2.16. The minimum Gasteiger partial charge on any atom is -0.460 e. The molecule has 0 bridgehead atoms. The molecule has 0 amide bonds. The monoisotopic (exact) mass is 387 g/mol. The highest BCUT2D eigenvalue weighted by atomic mass is 16.6. The Labute approximate surface area is 164 Å². The summed E-state index contributed by atoms with van der Waals surface area (Å²) in [4.78, 5) is 27.7. The molecule has 0 unspecified atom stereocenters. The largest absolute Gasteiger partial charge is 0.460 e. The van der Waals surface area contributed by atoms with Crippen molar-refractivity contribution in [3.8, 4) is 11.5 Å². The number of nitrogens with two attached hydrogens (primary N) is 1. The summed E-state index contributed by atoms with van der Waals surface area (Å²) in [6.45, 7) is 7.11. The van der Waals surface area contributed by atoms with Crippen LogP contribution in [0.15, 0.2) is 46.7 Å². The molecule has 2 rings (SSSR count). The number of carbonyl (C=O) groups excluding carboxylic acids is 2.